The van der Waals surface area contributed by atoms with Crippen molar-refractivity contribution in [3.05, 3.63) is 51.4 Å². The van der Waals surface area contributed by atoms with E-state index in [1.54, 1.807) is 36.7 Å². The number of aromatic nitrogens is 1. The van der Waals surface area contributed by atoms with Gasteiger partial charge in [0.2, 0.25) is 0 Å². The Morgan fingerprint density at radius 2 is 2.08 bits per heavy atom. The summed E-state index contributed by atoms with van der Waals surface area (Å²) >= 11 is 7.13. The maximum atomic E-state index is 12.4. The molecule has 24 heavy (non-hydrogen) atoms. The molecule has 0 radical (unpaired) electrons. The number of likely N-dealkylation sites (tertiary alicyclic amines) is 1. The van der Waals surface area contributed by atoms with Crippen LogP contribution in [0.5, 0.6) is 0 Å². The fourth-order valence-electron chi connectivity index (χ4n) is 2.77. The summed E-state index contributed by atoms with van der Waals surface area (Å²) in [6.45, 7) is 2.04. The molecule has 0 bridgehead atoms. The van der Waals surface area contributed by atoms with E-state index in [-0.39, 0.29) is 11.8 Å². The second-order valence-electron chi connectivity index (χ2n) is 5.79. The smallest absolute Gasteiger partial charge is 0.261 e. The van der Waals surface area contributed by atoms with Gasteiger partial charge in [-0.1, -0.05) is 11.6 Å². The highest BCUT2D eigenvalue weighted by molar-refractivity contribution is 7.17. The summed E-state index contributed by atoms with van der Waals surface area (Å²) in [4.78, 5) is 30.9. The summed E-state index contributed by atoms with van der Waals surface area (Å²) in [6, 6.07) is 7.02. The van der Waals surface area contributed by atoms with Gasteiger partial charge in [-0.2, -0.15) is 0 Å². The van der Waals surface area contributed by atoms with Crippen molar-refractivity contribution in [2.75, 3.05) is 19.6 Å². The van der Waals surface area contributed by atoms with Gasteiger partial charge in [0.25, 0.3) is 11.8 Å². The predicted molar refractivity (Wildman–Crippen MR) is 94.5 cm³/mol. The number of hydrogen-bond acceptors (Lipinski definition) is 4. The summed E-state index contributed by atoms with van der Waals surface area (Å²) in [7, 11) is 0. The van der Waals surface area contributed by atoms with Gasteiger partial charge in [0, 0.05) is 32.0 Å². The van der Waals surface area contributed by atoms with Crippen LogP contribution in [0.15, 0.2) is 36.7 Å². The van der Waals surface area contributed by atoms with Crippen LogP contribution in [0, 0.1) is 5.92 Å². The Morgan fingerprint density at radius 3 is 2.71 bits per heavy atom. The molecular formula is C17H18ClN3O2S. The first-order valence-corrected chi connectivity index (χ1v) is 9.06. The van der Waals surface area contributed by atoms with E-state index in [2.05, 4.69) is 10.3 Å². The largest absolute Gasteiger partial charge is 0.351 e. The highest BCUT2D eigenvalue weighted by Crippen LogP contribution is 2.22. The number of piperidine rings is 1. The zero-order valence-corrected chi connectivity index (χ0v) is 14.6. The Morgan fingerprint density at radius 1 is 1.29 bits per heavy atom. The van der Waals surface area contributed by atoms with E-state index in [4.69, 9.17) is 11.6 Å². The Bertz CT molecular complexity index is 712. The first-order chi connectivity index (χ1) is 11.6. The molecule has 0 spiro atoms. The predicted octanol–water partition coefficient (Wildman–Crippen LogP) is 3.08. The van der Waals surface area contributed by atoms with Gasteiger partial charge >= 0.3 is 0 Å². The summed E-state index contributed by atoms with van der Waals surface area (Å²) < 4.78 is 0.613. The van der Waals surface area contributed by atoms with Crippen molar-refractivity contribution in [3.8, 4) is 0 Å². The van der Waals surface area contributed by atoms with Crippen molar-refractivity contribution in [2.45, 2.75) is 12.8 Å². The number of nitrogens with zero attached hydrogens (tertiary/aromatic N) is 2. The molecule has 1 fully saturated rings. The summed E-state index contributed by atoms with van der Waals surface area (Å²) in [5.74, 6) is 0.335. The lowest BCUT2D eigenvalue weighted by Gasteiger charge is -2.32. The van der Waals surface area contributed by atoms with E-state index in [1.165, 1.54) is 11.3 Å². The minimum Gasteiger partial charge on any atom is -0.351 e. The molecule has 0 saturated carbocycles. The van der Waals surface area contributed by atoms with Gasteiger partial charge in [-0.15, -0.1) is 11.3 Å². The Balaban J connectivity index is 1.45. The van der Waals surface area contributed by atoms with E-state index < -0.39 is 0 Å². The van der Waals surface area contributed by atoms with E-state index in [1.807, 2.05) is 4.90 Å². The van der Waals surface area contributed by atoms with Crippen LogP contribution in [-0.2, 0) is 0 Å². The number of amides is 2. The van der Waals surface area contributed by atoms with Gasteiger partial charge in [0.15, 0.2) is 0 Å². The number of nitrogens with one attached hydrogen (secondary N) is 1. The van der Waals surface area contributed by atoms with Crippen LogP contribution < -0.4 is 5.32 Å². The van der Waals surface area contributed by atoms with Gasteiger partial charge in [-0.25, -0.2) is 0 Å². The summed E-state index contributed by atoms with van der Waals surface area (Å²) in [6.07, 6.45) is 5.03. The number of carbonyl (C=O) groups excluding carboxylic acids is 2. The highest BCUT2D eigenvalue weighted by Gasteiger charge is 2.24. The van der Waals surface area contributed by atoms with Gasteiger partial charge in [0.05, 0.1) is 14.8 Å². The third-order valence-electron chi connectivity index (χ3n) is 4.16. The molecule has 1 saturated heterocycles. The molecule has 5 nitrogen and oxygen atoms in total. The average molecular weight is 364 g/mol. The monoisotopic (exact) mass is 363 g/mol. The standard InChI is InChI=1S/C17H18ClN3O2S/c18-15-4-3-14(24-15)16(22)20-10-12-5-8-21(9-6-12)17(23)13-2-1-7-19-11-13/h1-4,7,11-12H,5-6,8-10H2,(H,20,22). The van der Waals surface area contributed by atoms with Crippen molar-refractivity contribution in [1.82, 2.24) is 15.2 Å². The van der Waals surface area contributed by atoms with Crippen LogP contribution in [0.3, 0.4) is 0 Å². The van der Waals surface area contributed by atoms with Crippen molar-refractivity contribution in [3.63, 3.8) is 0 Å². The van der Waals surface area contributed by atoms with Crippen molar-refractivity contribution >= 4 is 34.8 Å². The van der Waals surface area contributed by atoms with Crippen LogP contribution in [0.1, 0.15) is 32.9 Å². The molecule has 3 rings (SSSR count). The Hall–Kier alpha value is -1.92. The fraction of sp³-hybridized carbons (Fsp3) is 0.353. The lowest BCUT2D eigenvalue weighted by atomic mass is 9.96. The van der Waals surface area contributed by atoms with Crippen molar-refractivity contribution in [1.29, 1.82) is 0 Å². The highest BCUT2D eigenvalue weighted by atomic mass is 35.5. The quantitative estimate of drug-likeness (QED) is 0.908. The molecule has 3 heterocycles. The Labute approximate surface area is 149 Å². The zero-order valence-electron chi connectivity index (χ0n) is 13.1. The van der Waals surface area contributed by atoms with Gasteiger partial charge in [0.1, 0.15) is 0 Å². The lowest BCUT2D eigenvalue weighted by molar-refractivity contribution is 0.0684. The fourth-order valence-corrected chi connectivity index (χ4v) is 3.73. The van der Waals surface area contributed by atoms with Gasteiger partial charge in [-0.05, 0) is 43.0 Å². The first-order valence-electron chi connectivity index (χ1n) is 7.86. The molecule has 0 aliphatic carbocycles. The van der Waals surface area contributed by atoms with Crippen LogP contribution in [0.4, 0.5) is 0 Å². The number of halogens is 1. The molecular weight excluding hydrogens is 346 g/mol. The first kappa shape index (κ1) is 16.9. The molecule has 126 valence electrons. The third kappa shape index (κ3) is 4.13. The number of thiophene rings is 1. The lowest BCUT2D eigenvalue weighted by Crippen LogP contribution is -2.41. The molecule has 0 aromatic carbocycles. The van der Waals surface area contributed by atoms with Crippen LogP contribution in [0.25, 0.3) is 0 Å². The molecule has 0 unspecified atom stereocenters. The van der Waals surface area contributed by atoms with Crippen molar-refractivity contribution in [2.24, 2.45) is 5.92 Å². The van der Waals surface area contributed by atoms with Crippen LogP contribution >= 0.6 is 22.9 Å². The molecule has 2 amide bonds. The van der Waals surface area contributed by atoms with Crippen LogP contribution in [-0.4, -0.2) is 41.3 Å². The maximum absolute atomic E-state index is 12.4. The third-order valence-corrected chi connectivity index (χ3v) is 5.39. The number of pyridine rings is 1. The van der Waals surface area contributed by atoms with E-state index >= 15 is 0 Å². The van der Waals surface area contributed by atoms with Gasteiger partial charge in [-0.3, -0.25) is 14.6 Å². The van der Waals surface area contributed by atoms with Crippen molar-refractivity contribution < 1.29 is 9.59 Å². The molecule has 2 aromatic heterocycles. The second-order valence-corrected chi connectivity index (χ2v) is 7.51. The molecule has 1 aliphatic heterocycles. The number of rotatable bonds is 4. The van der Waals surface area contributed by atoms with Crippen LogP contribution in [0.2, 0.25) is 4.34 Å². The second kappa shape index (κ2) is 7.77. The summed E-state index contributed by atoms with van der Waals surface area (Å²) in [5, 5.41) is 2.96. The minimum absolute atomic E-state index is 0.0267. The SMILES string of the molecule is O=C(NCC1CCN(C(=O)c2cccnc2)CC1)c1ccc(Cl)s1. The molecule has 0 atom stereocenters. The molecule has 1 N–H and O–H groups in total. The number of carbonyl (C=O) groups is 2. The average Bonchev–Trinajstić information content (AvgIpc) is 3.07. The molecule has 7 heteroatoms. The topological polar surface area (TPSA) is 62.3 Å². The molecule has 1 aliphatic rings. The van der Waals surface area contributed by atoms with E-state index in [0.29, 0.717) is 40.3 Å². The molecule has 2 aromatic rings. The van der Waals surface area contributed by atoms with E-state index in [9.17, 15) is 9.59 Å². The zero-order chi connectivity index (χ0) is 16.9. The Kier molecular flexibility index (Phi) is 5.48. The minimum atomic E-state index is -0.0826. The summed E-state index contributed by atoms with van der Waals surface area (Å²) in [5.41, 5.74) is 0.624. The van der Waals surface area contributed by atoms with E-state index in [0.717, 1.165) is 12.8 Å². The normalized spacial score (nSPS) is 15.3. The number of hydrogen-bond donors (Lipinski definition) is 1. The maximum Gasteiger partial charge on any atom is 0.261 e. The van der Waals surface area contributed by atoms with Gasteiger partial charge < -0.3 is 10.2 Å².